The van der Waals surface area contributed by atoms with Gasteiger partial charge in [0.05, 0.1) is 12.2 Å². The smallest absolute Gasteiger partial charge is 0.226 e. The normalized spacial score (nSPS) is 11.4. The van der Waals surface area contributed by atoms with Gasteiger partial charge in [-0.05, 0) is 36.2 Å². The van der Waals surface area contributed by atoms with Gasteiger partial charge in [-0.2, -0.15) is 0 Å². The zero-order chi connectivity index (χ0) is 18.2. The average Bonchev–Trinajstić information content (AvgIpc) is 3.16. The summed E-state index contributed by atoms with van der Waals surface area (Å²) in [5, 5.41) is 6.43. The van der Waals surface area contributed by atoms with Crippen LogP contribution in [-0.2, 0) is 13.0 Å². The van der Waals surface area contributed by atoms with Crippen LogP contribution in [-0.4, -0.2) is 24.5 Å². The Hall–Kier alpha value is -3.15. The van der Waals surface area contributed by atoms with Gasteiger partial charge in [0.15, 0.2) is 5.96 Å². The first-order chi connectivity index (χ1) is 12.7. The van der Waals surface area contributed by atoms with Crippen LogP contribution in [0.3, 0.4) is 0 Å². The minimum absolute atomic E-state index is 0.221. The van der Waals surface area contributed by atoms with Crippen LogP contribution in [0.5, 0.6) is 0 Å². The van der Waals surface area contributed by atoms with Crippen molar-refractivity contribution in [1.82, 2.24) is 15.6 Å². The molecular formula is C20H21FN4O. The molecule has 1 aromatic heterocycles. The van der Waals surface area contributed by atoms with E-state index < -0.39 is 0 Å². The highest BCUT2D eigenvalue weighted by molar-refractivity contribution is 5.79. The van der Waals surface area contributed by atoms with Gasteiger partial charge in [0.25, 0.3) is 0 Å². The lowest BCUT2D eigenvalue weighted by atomic mass is 10.1. The molecule has 1 heterocycles. The number of oxazole rings is 1. The Kier molecular flexibility index (Phi) is 5.98. The van der Waals surface area contributed by atoms with Gasteiger partial charge in [-0.15, -0.1) is 0 Å². The summed E-state index contributed by atoms with van der Waals surface area (Å²) in [6.07, 6.45) is 2.42. The molecule has 0 aliphatic carbocycles. The molecule has 134 valence electrons. The fourth-order valence-corrected chi connectivity index (χ4v) is 2.47. The maximum absolute atomic E-state index is 12.9. The number of benzene rings is 2. The molecule has 2 N–H and O–H groups in total. The Bertz CT molecular complexity index is 844. The van der Waals surface area contributed by atoms with Crippen molar-refractivity contribution in [3.8, 4) is 11.5 Å². The van der Waals surface area contributed by atoms with E-state index >= 15 is 0 Å². The van der Waals surface area contributed by atoms with Crippen LogP contribution in [0.15, 0.2) is 70.3 Å². The molecule has 0 bridgehead atoms. The monoisotopic (exact) mass is 352 g/mol. The molecule has 0 aliphatic heterocycles. The van der Waals surface area contributed by atoms with Crippen molar-refractivity contribution in [3.63, 3.8) is 0 Å². The van der Waals surface area contributed by atoms with Crippen LogP contribution >= 0.6 is 0 Å². The number of aromatic nitrogens is 1. The molecule has 0 saturated carbocycles. The largest absolute Gasteiger partial charge is 0.444 e. The summed E-state index contributed by atoms with van der Waals surface area (Å²) in [6, 6.07) is 16.3. The van der Waals surface area contributed by atoms with E-state index in [2.05, 4.69) is 20.6 Å². The topological polar surface area (TPSA) is 62.5 Å². The van der Waals surface area contributed by atoms with Crippen molar-refractivity contribution in [2.45, 2.75) is 13.0 Å². The molecule has 0 aliphatic rings. The van der Waals surface area contributed by atoms with Gasteiger partial charge in [0.1, 0.15) is 12.1 Å². The van der Waals surface area contributed by atoms with E-state index in [0.717, 1.165) is 23.2 Å². The Morgan fingerprint density at radius 3 is 2.58 bits per heavy atom. The molecule has 3 aromatic rings. The summed E-state index contributed by atoms with van der Waals surface area (Å²) in [5.74, 6) is 1.06. The Morgan fingerprint density at radius 2 is 1.85 bits per heavy atom. The maximum Gasteiger partial charge on any atom is 0.226 e. The molecule has 0 unspecified atom stereocenters. The van der Waals surface area contributed by atoms with E-state index in [-0.39, 0.29) is 5.82 Å². The van der Waals surface area contributed by atoms with Crippen molar-refractivity contribution in [2.75, 3.05) is 13.6 Å². The number of hydrogen-bond donors (Lipinski definition) is 2. The van der Waals surface area contributed by atoms with E-state index in [1.165, 1.54) is 12.1 Å². The quantitative estimate of drug-likeness (QED) is 0.527. The second kappa shape index (κ2) is 8.80. The number of nitrogens with zero attached hydrogens (tertiary/aromatic N) is 2. The standard InChI is InChI=1S/C20H21FN4O/c1-22-20(23-12-11-15-7-9-17(21)10-8-15)24-13-18-14-26-19(25-18)16-5-3-2-4-6-16/h2-10,14H,11-13H2,1H3,(H2,22,23,24). The molecule has 0 spiro atoms. The summed E-state index contributed by atoms with van der Waals surface area (Å²) in [4.78, 5) is 8.66. The number of hydrogen-bond acceptors (Lipinski definition) is 3. The van der Waals surface area contributed by atoms with Gasteiger partial charge in [-0.1, -0.05) is 30.3 Å². The second-order valence-corrected chi connectivity index (χ2v) is 5.74. The molecule has 0 amide bonds. The van der Waals surface area contributed by atoms with Crippen molar-refractivity contribution in [3.05, 3.63) is 77.9 Å². The number of aliphatic imine (C=N–C) groups is 1. The third-order valence-corrected chi connectivity index (χ3v) is 3.85. The van der Waals surface area contributed by atoms with Crippen LogP contribution in [0.2, 0.25) is 0 Å². The molecule has 0 radical (unpaired) electrons. The predicted molar refractivity (Wildman–Crippen MR) is 100 cm³/mol. The van der Waals surface area contributed by atoms with E-state index in [4.69, 9.17) is 4.42 Å². The van der Waals surface area contributed by atoms with Crippen LogP contribution in [0.4, 0.5) is 4.39 Å². The van der Waals surface area contributed by atoms with Gasteiger partial charge in [0, 0.05) is 19.2 Å². The van der Waals surface area contributed by atoms with Crippen LogP contribution in [0, 0.1) is 5.82 Å². The third-order valence-electron chi connectivity index (χ3n) is 3.85. The van der Waals surface area contributed by atoms with Crippen molar-refractivity contribution < 1.29 is 8.81 Å². The van der Waals surface area contributed by atoms with Crippen molar-refractivity contribution in [1.29, 1.82) is 0 Å². The molecule has 3 rings (SSSR count). The first-order valence-corrected chi connectivity index (χ1v) is 8.43. The molecule has 6 heteroatoms. The lowest BCUT2D eigenvalue weighted by Crippen LogP contribution is -2.37. The van der Waals surface area contributed by atoms with Crippen LogP contribution in [0.25, 0.3) is 11.5 Å². The number of halogens is 1. The van der Waals surface area contributed by atoms with E-state index in [9.17, 15) is 4.39 Å². The van der Waals surface area contributed by atoms with E-state index in [1.54, 1.807) is 25.4 Å². The fraction of sp³-hybridized carbons (Fsp3) is 0.200. The predicted octanol–water partition coefficient (Wildman–Crippen LogP) is 3.39. The lowest BCUT2D eigenvalue weighted by molar-refractivity contribution is 0.572. The highest BCUT2D eigenvalue weighted by Gasteiger charge is 2.07. The third kappa shape index (κ3) is 4.92. The Balaban J connectivity index is 1.47. The number of nitrogens with one attached hydrogen (secondary N) is 2. The van der Waals surface area contributed by atoms with Crippen molar-refractivity contribution in [2.24, 2.45) is 4.99 Å². The highest BCUT2D eigenvalue weighted by Crippen LogP contribution is 2.17. The van der Waals surface area contributed by atoms with Gasteiger partial charge >= 0.3 is 0 Å². The molecule has 0 saturated heterocycles. The molecule has 26 heavy (non-hydrogen) atoms. The van der Waals surface area contributed by atoms with Crippen molar-refractivity contribution >= 4 is 5.96 Å². The second-order valence-electron chi connectivity index (χ2n) is 5.74. The molecule has 0 atom stereocenters. The zero-order valence-electron chi connectivity index (χ0n) is 14.6. The average molecular weight is 352 g/mol. The van der Waals surface area contributed by atoms with Gasteiger partial charge < -0.3 is 15.1 Å². The van der Waals surface area contributed by atoms with Crippen LogP contribution < -0.4 is 10.6 Å². The van der Waals surface area contributed by atoms with Gasteiger partial charge in [0.2, 0.25) is 5.89 Å². The SMILES string of the molecule is CN=C(NCCc1ccc(F)cc1)NCc1coc(-c2ccccc2)n1. The van der Waals surface area contributed by atoms with Crippen LogP contribution in [0.1, 0.15) is 11.3 Å². The number of guanidine groups is 1. The summed E-state index contributed by atoms with van der Waals surface area (Å²) in [5.41, 5.74) is 2.81. The highest BCUT2D eigenvalue weighted by atomic mass is 19.1. The molecule has 0 fully saturated rings. The Morgan fingerprint density at radius 1 is 1.08 bits per heavy atom. The summed E-state index contributed by atoms with van der Waals surface area (Å²) in [7, 11) is 1.71. The molecular weight excluding hydrogens is 331 g/mol. The summed E-state index contributed by atoms with van der Waals surface area (Å²) < 4.78 is 18.4. The fourth-order valence-electron chi connectivity index (χ4n) is 2.47. The summed E-state index contributed by atoms with van der Waals surface area (Å²) in [6.45, 7) is 1.20. The lowest BCUT2D eigenvalue weighted by Gasteiger charge is -2.10. The minimum Gasteiger partial charge on any atom is -0.444 e. The van der Waals surface area contributed by atoms with E-state index in [0.29, 0.717) is 24.9 Å². The van der Waals surface area contributed by atoms with Gasteiger partial charge in [-0.25, -0.2) is 9.37 Å². The minimum atomic E-state index is -0.221. The zero-order valence-corrected chi connectivity index (χ0v) is 14.6. The molecule has 5 nitrogen and oxygen atoms in total. The first kappa shape index (κ1) is 17.7. The Labute approximate surface area is 152 Å². The van der Waals surface area contributed by atoms with E-state index in [1.807, 2.05) is 30.3 Å². The molecule has 2 aromatic carbocycles. The number of rotatable bonds is 6. The van der Waals surface area contributed by atoms with Gasteiger partial charge in [-0.3, -0.25) is 4.99 Å². The first-order valence-electron chi connectivity index (χ1n) is 8.43. The summed E-state index contributed by atoms with van der Waals surface area (Å²) >= 11 is 0. The maximum atomic E-state index is 12.9.